The van der Waals surface area contributed by atoms with Gasteiger partial charge in [0.15, 0.2) is 0 Å². The van der Waals surface area contributed by atoms with Crippen LogP contribution in [0.2, 0.25) is 0 Å². The van der Waals surface area contributed by atoms with Crippen LogP contribution in [-0.2, 0) is 19.9 Å². The molecule has 0 bridgehead atoms. The van der Waals surface area contributed by atoms with E-state index in [0.29, 0.717) is 5.69 Å². The summed E-state index contributed by atoms with van der Waals surface area (Å²) >= 11 is 0. The molecule has 6 rings (SSSR count). The second kappa shape index (κ2) is 5.79. The van der Waals surface area contributed by atoms with Crippen molar-refractivity contribution in [1.29, 1.82) is 0 Å². The number of imide groups is 1. The van der Waals surface area contributed by atoms with Gasteiger partial charge in [-0.05, 0) is 50.4 Å². The highest BCUT2D eigenvalue weighted by Gasteiger charge is 2.74. The van der Waals surface area contributed by atoms with Crippen molar-refractivity contribution in [1.82, 2.24) is 4.90 Å². The quantitative estimate of drug-likeness (QED) is 0.746. The lowest BCUT2D eigenvalue weighted by Gasteiger charge is -2.36. The number of para-hydroxylation sites is 2. The fourth-order valence-corrected chi connectivity index (χ4v) is 6.54. The van der Waals surface area contributed by atoms with Gasteiger partial charge in [-0.1, -0.05) is 36.4 Å². The second-order valence-corrected chi connectivity index (χ2v) is 8.92. The molecular formula is C24H23N3O3. The fraction of sp³-hybridized carbons (Fsp3) is 0.375. The molecule has 0 saturated carbocycles. The van der Waals surface area contributed by atoms with Crippen molar-refractivity contribution in [3.63, 3.8) is 0 Å². The molecule has 6 nitrogen and oxygen atoms in total. The van der Waals surface area contributed by atoms with Gasteiger partial charge < -0.3 is 5.32 Å². The van der Waals surface area contributed by atoms with Crippen molar-refractivity contribution >= 4 is 29.1 Å². The first-order chi connectivity index (χ1) is 14.5. The van der Waals surface area contributed by atoms with Gasteiger partial charge in [0.2, 0.25) is 17.7 Å². The van der Waals surface area contributed by atoms with E-state index < -0.39 is 17.4 Å². The van der Waals surface area contributed by atoms with E-state index in [1.165, 1.54) is 4.90 Å². The Morgan fingerprint density at radius 1 is 0.967 bits per heavy atom. The fourth-order valence-electron chi connectivity index (χ4n) is 6.54. The second-order valence-electron chi connectivity index (χ2n) is 8.92. The Morgan fingerprint density at radius 2 is 1.70 bits per heavy atom. The molecule has 3 fully saturated rings. The lowest BCUT2D eigenvalue weighted by atomic mass is 9.75. The zero-order chi connectivity index (χ0) is 20.8. The number of benzene rings is 2. The van der Waals surface area contributed by atoms with E-state index in [-0.39, 0.29) is 23.8 Å². The summed E-state index contributed by atoms with van der Waals surface area (Å²) < 4.78 is 0. The Kier molecular flexibility index (Phi) is 3.44. The van der Waals surface area contributed by atoms with E-state index in [2.05, 4.69) is 10.2 Å². The third-order valence-corrected chi connectivity index (χ3v) is 7.56. The average molecular weight is 401 g/mol. The molecule has 3 amide bonds. The van der Waals surface area contributed by atoms with Gasteiger partial charge in [0.25, 0.3) is 0 Å². The van der Waals surface area contributed by atoms with Gasteiger partial charge >= 0.3 is 0 Å². The number of anilines is 2. The Labute approximate surface area is 174 Å². The monoisotopic (exact) mass is 401 g/mol. The standard InChI is InChI=1S/C24H23N3O3/c1-13-7-5-8-14(2)20(13)27-21(28)18-17-11-6-12-26(17)24(19(18)22(27)29)15-9-3-4-10-16(15)25-23(24)30/h3-5,7-10,17-19H,6,11-12H2,1-2H3,(H,25,30)/t17-,18+,19-,24-/m1/s1. The van der Waals surface area contributed by atoms with E-state index in [1.54, 1.807) is 0 Å². The van der Waals surface area contributed by atoms with Crippen molar-refractivity contribution < 1.29 is 14.4 Å². The maximum atomic E-state index is 13.9. The number of carbonyl (C=O) groups excluding carboxylic acids is 3. The third-order valence-electron chi connectivity index (χ3n) is 7.56. The summed E-state index contributed by atoms with van der Waals surface area (Å²) in [5, 5.41) is 3.01. The highest BCUT2D eigenvalue weighted by Crippen LogP contribution is 2.60. The number of nitrogens with one attached hydrogen (secondary N) is 1. The molecule has 0 aliphatic carbocycles. The van der Waals surface area contributed by atoms with Gasteiger partial charge in [0.1, 0.15) is 5.54 Å². The van der Waals surface area contributed by atoms with Gasteiger partial charge in [-0.15, -0.1) is 0 Å². The van der Waals surface area contributed by atoms with E-state index in [4.69, 9.17) is 0 Å². The van der Waals surface area contributed by atoms with E-state index in [1.807, 2.05) is 56.3 Å². The summed E-state index contributed by atoms with van der Waals surface area (Å²) in [6, 6.07) is 13.3. The smallest absolute Gasteiger partial charge is 0.250 e. The summed E-state index contributed by atoms with van der Waals surface area (Å²) in [4.78, 5) is 44.8. The lowest BCUT2D eigenvalue weighted by Crippen LogP contribution is -2.54. The third kappa shape index (κ3) is 1.86. The van der Waals surface area contributed by atoms with Crippen molar-refractivity contribution in [2.45, 2.75) is 38.3 Å². The van der Waals surface area contributed by atoms with Crippen molar-refractivity contribution in [3.05, 3.63) is 59.2 Å². The number of amides is 3. The van der Waals surface area contributed by atoms with Crippen LogP contribution in [0.3, 0.4) is 0 Å². The molecule has 4 heterocycles. The predicted octanol–water partition coefficient (Wildman–Crippen LogP) is 2.73. The van der Waals surface area contributed by atoms with Gasteiger partial charge in [0, 0.05) is 17.3 Å². The van der Waals surface area contributed by atoms with Gasteiger partial charge in [-0.3, -0.25) is 19.3 Å². The van der Waals surface area contributed by atoms with E-state index in [9.17, 15) is 14.4 Å². The summed E-state index contributed by atoms with van der Waals surface area (Å²) in [5.41, 5.74) is 2.95. The van der Waals surface area contributed by atoms with Crippen LogP contribution in [0.5, 0.6) is 0 Å². The summed E-state index contributed by atoms with van der Waals surface area (Å²) in [6.45, 7) is 4.57. The maximum absolute atomic E-state index is 13.9. The minimum atomic E-state index is -1.10. The number of rotatable bonds is 1. The number of carbonyl (C=O) groups is 3. The van der Waals surface area contributed by atoms with Gasteiger partial charge in [0.05, 0.1) is 17.5 Å². The number of aryl methyl sites for hydroxylation is 2. The Bertz CT molecular complexity index is 1120. The molecule has 4 atom stereocenters. The minimum absolute atomic E-state index is 0.0855. The summed E-state index contributed by atoms with van der Waals surface area (Å²) in [6.07, 6.45) is 1.76. The van der Waals surface area contributed by atoms with Gasteiger partial charge in [-0.25, -0.2) is 4.90 Å². The molecule has 2 aromatic carbocycles. The van der Waals surface area contributed by atoms with E-state index in [0.717, 1.165) is 41.8 Å². The van der Waals surface area contributed by atoms with E-state index >= 15 is 0 Å². The van der Waals surface area contributed by atoms with Crippen molar-refractivity contribution in [2.75, 3.05) is 16.8 Å². The van der Waals surface area contributed by atoms with Crippen LogP contribution >= 0.6 is 0 Å². The largest absolute Gasteiger partial charge is 0.324 e. The number of fused-ring (bicyclic) bond motifs is 7. The van der Waals surface area contributed by atoms with Crippen LogP contribution in [0, 0.1) is 25.7 Å². The zero-order valence-electron chi connectivity index (χ0n) is 17.0. The van der Waals surface area contributed by atoms with Crippen LogP contribution in [-0.4, -0.2) is 35.2 Å². The highest BCUT2D eigenvalue weighted by molar-refractivity contribution is 6.26. The van der Waals surface area contributed by atoms with Crippen molar-refractivity contribution in [3.8, 4) is 0 Å². The van der Waals surface area contributed by atoms with Crippen LogP contribution in [0.15, 0.2) is 42.5 Å². The SMILES string of the molecule is Cc1cccc(C)c1N1C(=O)[C@H]2[C@H]3CCCN3[C@@]3(C(=O)Nc4ccccc43)[C@H]2C1=O. The average Bonchev–Trinajstić information content (AvgIpc) is 3.42. The topological polar surface area (TPSA) is 69.7 Å². The number of hydrogen-bond acceptors (Lipinski definition) is 4. The lowest BCUT2D eigenvalue weighted by molar-refractivity contribution is -0.135. The van der Waals surface area contributed by atoms with Crippen LogP contribution in [0.25, 0.3) is 0 Å². The normalized spacial score (nSPS) is 32.0. The summed E-state index contributed by atoms with van der Waals surface area (Å²) in [5.74, 6) is -1.77. The predicted molar refractivity (Wildman–Crippen MR) is 112 cm³/mol. The maximum Gasteiger partial charge on any atom is 0.250 e. The molecule has 6 heteroatoms. The number of nitrogens with zero attached hydrogens (tertiary/aromatic N) is 2. The molecule has 30 heavy (non-hydrogen) atoms. The minimum Gasteiger partial charge on any atom is -0.324 e. The number of hydrogen-bond donors (Lipinski definition) is 1. The molecule has 152 valence electrons. The molecule has 1 N–H and O–H groups in total. The molecule has 0 unspecified atom stereocenters. The molecule has 4 aliphatic heterocycles. The first-order valence-electron chi connectivity index (χ1n) is 10.6. The Hall–Kier alpha value is -2.99. The van der Waals surface area contributed by atoms with Crippen LogP contribution in [0.4, 0.5) is 11.4 Å². The molecular weight excluding hydrogens is 378 g/mol. The van der Waals surface area contributed by atoms with Crippen LogP contribution < -0.4 is 10.2 Å². The molecule has 4 aliphatic rings. The molecule has 1 spiro atoms. The first-order valence-corrected chi connectivity index (χ1v) is 10.6. The molecule has 0 radical (unpaired) electrons. The van der Waals surface area contributed by atoms with Gasteiger partial charge in [-0.2, -0.15) is 0 Å². The van der Waals surface area contributed by atoms with Crippen molar-refractivity contribution in [2.24, 2.45) is 11.8 Å². The Morgan fingerprint density at radius 3 is 2.47 bits per heavy atom. The first kappa shape index (κ1) is 17.8. The summed E-state index contributed by atoms with van der Waals surface area (Å²) in [7, 11) is 0. The Balaban J connectivity index is 1.58. The molecule has 0 aromatic heterocycles. The molecule has 3 saturated heterocycles. The molecule has 2 aromatic rings. The van der Waals surface area contributed by atoms with Crippen LogP contribution in [0.1, 0.15) is 29.5 Å². The highest BCUT2D eigenvalue weighted by atomic mass is 16.2. The zero-order valence-corrected chi connectivity index (χ0v) is 17.0.